The van der Waals surface area contributed by atoms with Crippen LogP contribution in [-0.2, 0) is 21.0 Å². The van der Waals surface area contributed by atoms with Crippen molar-refractivity contribution in [1.29, 1.82) is 0 Å². The SMILES string of the molecule is COc1ccc(N2NOC(=O)/C2=C\C(=NC(=O)c2ccccc2)C(=O)NCc2ccc(C)cc2)cc1. The monoisotopic (exact) mass is 484 g/mol. The zero-order chi connectivity index (χ0) is 25.5. The highest BCUT2D eigenvalue weighted by Gasteiger charge is 2.30. The summed E-state index contributed by atoms with van der Waals surface area (Å²) < 4.78 is 5.17. The van der Waals surface area contributed by atoms with Crippen molar-refractivity contribution in [3.05, 3.63) is 107 Å². The third-order valence-electron chi connectivity index (χ3n) is 5.33. The van der Waals surface area contributed by atoms with Crippen molar-refractivity contribution in [3.63, 3.8) is 0 Å². The van der Waals surface area contributed by atoms with Gasteiger partial charge in [0.25, 0.3) is 11.8 Å². The fourth-order valence-electron chi connectivity index (χ4n) is 3.34. The number of ether oxygens (including phenoxy) is 1. The van der Waals surface area contributed by atoms with Crippen molar-refractivity contribution >= 4 is 29.2 Å². The smallest absolute Gasteiger partial charge is 0.376 e. The predicted octanol–water partition coefficient (Wildman–Crippen LogP) is 3.27. The highest BCUT2D eigenvalue weighted by Crippen LogP contribution is 2.24. The maximum Gasteiger partial charge on any atom is 0.376 e. The number of carbonyl (C=O) groups is 3. The number of hydrazine groups is 1. The number of nitrogens with one attached hydrogen (secondary N) is 2. The van der Waals surface area contributed by atoms with Crippen LogP contribution in [0.4, 0.5) is 5.69 Å². The third kappa shape index (κ3) is 5.83. The van der Waals surface area contributed by atoms with Gasteiger partial charge in [0, 0.05) is 18.2 Å². The van der Waals surface area contributed by atoms with Crippen LogP contribution in [-0.4, -0.2) is 30.6 Å². The lowest BCUT2D eigenvalue weighted by molar-refractivity contribution is -0.140. The van der Waals surface area contributed by atoms with Gasteiger partial charge in [-0.15, -0.1) is 0 Å². The third-order valence-corrected chi connectivity index (χ3v) is 5.33. The number of methoxy groups -OCH3 is 1. The summed E-state index contributed by atoms with van der Waals surface area (Å²) in [5.74, 6) is -1.36. The average Bonchev–Trinajstić information content (AvgIpc) is 3.28. The van der Waals surface area contributed by atoms with E-state index in [1.54, 1.807) is 61.7 Å². The van der Waals surface area contributed by atoms with Gasteiger partial charge in [-0.2, -0.15) is 0 Å². The van der Waals surface area contributed by atoms with Gasteiger partial charge in [-0.05, 0) is 48.9 Å². The molecule has 36 heavy (non-hydrogen) atoms. The normalized spacial score (nSPS) is 14.5. The number of carbonyl (C=O) groups excluding carboxylic acids is 3. The number of hydrogen-bond acceptors (Lipinski definition) is 7. The highest BCUT2D eigenvalue weighted by atomic mass is 16.7. The molecule has 0 aliphatic carbocycles. The summed E-state index contributed by atoms with van der Waals surface area (Å²) in [5.41, 5.74) is 5.05. The predicted molar refractivity (Wildman–Crippen MR) is 134 cm³/mol. The van der Waals surface area contributed by atoms with E-state index in [0.717, 1.165) is 11.1 Å². The van der Waals surface area contributed by atoms with E-state index in [4.69, 9.17) is 9.57 Å². The topological polar surface area (TPSA) is 109 Å². The second-order valence-corrected chi connectivity index (χ2v) is 7.88. The number of aliphatic imine (C=N–C) groups is 1. The van der Waals surface area contributed by atoms with E-state index >= 15 is 0 Å². The Labute approximate surface area is 208 Å². The second kappa shape index (κ2) is 11.1. The van der Waals surface area contributed by atoms with Gasteiger partial charge >= 0.3 is 5.97 Å². The first kappa shape index (κ1) is 24.4. The van der Waals surface area contributed by atoms with E-state index in [1.165, 1.54) is 11.1 Å². The molecule has 0 spiro atoms. The van der Waals surface area contributed by atoms with Gasteiger partial charge in [0.2, 0.25) is 0 Å². The summed E-state index contributed by atoms with van der Waals surface area (Å²) in [4.78, 5) is 47.4. The molecular weight excluding hydrogens is 460 g/mol. The minimum atomic E-state index is -0.739. The number of aryl methyl sites for hydroxylation is 1. The summed E-state index contributed by atoms with van der Waals surface area (Å²) in [7, 11) is 1.54. The van der Waals surface area contributed by atoms with Crippen molar-refractivity contribution in [2.75, 3.05) is 12.1 Å². The molecule has 0 radical (unpaired) electrons. The molecule has 2 N–H and O–H groups in total. The van der Waals surface area contributed by atoms with Gasteiger partial charge in [0.1, 0.15) is 11.5 Å². The number of nitrogens with zero attached hydrogens (tertiary/aromatic N) is 2. The molecule has 9 heteroatoms. The molecule has 1 aliphatic heterocycles. The van der Waals surface area contributed by atoms with E-state index in [0.29, 0.717) is 17.0 Å². The molecule has 4 rings (SSSR count). The molecule has 1 fully saturated rings. The number of amides is 2. The summed E-state index contributed by atoms with van der Waals surface area (Å²) in [6, 6.07) is 22.8. The molecule has 1 heterocycles. The van der Waals surface area contributed by atoms with Crippen LogP contribution in [0, 0.1) is 6.92 Å². The van der Waals surface area contributed by atoms with E-state index in [2.05, 4.69) is 15.9 Å². The Morgan fingerprint density at radius 1 is 1.03 bits per heavy atom. The summed E-state index contributed by atoms with van der Waals surface area (Å²) in [5, 5.41) is 4.10. The average molecular weight is 485 g/mol. The Morgan fingerprint density at radius 2 is 1.72 bits per heavy atom. The first-order chi connectivity index (χ1) is 17.4. The van der Waals surface area contributed by atoms with Crippen LogP contribution in [0.2, 0.25) is 0 Å². The minimum Gasteiger partial charge on any atom is -0.497 e. The van der Waals surface area contributed by atoms with Gasteiger partial charge in [0.05, 0.1) is 12.8 Å². The molecule has 0 unspecified atom stereocenters. The van der Waals surface area contributed by atoms with Gasteiger partial charge in [-0.1, -0.05) is 53.6 Å². The molecule has 3 aromatic rings. The highest BCUT2D eigenvalue weighted by molar-refractivity contribution is 6.45. The Hall–Kier alpha value is -4.76. The lowest BCUT2D eigenvalue weighted by atomic mass is 10.1. The van der Waals surface area contributed by atoms with E-state index in [-0.39, 0.29) is 18.0 Å². The number of anilines is 1. The van der Waals surface area contributed by atoms with Crippen LogP contribution in [0.1, 0.15) is 21.5 Å². The van der Waals surface area contributed by atoms with Gasteiger partial charge in [-0.25, -0.2) is 14.8 Å². The molecule has 0 saturated carbocycles. The van der Waals surface area contributed by atoms with Crippen LogP contribution in [0.5, 0.6) is 5.75 Å². The van der Waals surface area contributed by atoms with Crippen LogP contribution < -0.4 is 20.7 Å². The van der Waals surface area contributed by atoms with Crippen molar-refractivity contribution in [3.8, 4) is 5.75 Å². The molecule has 0 aromatic heterocycles. The summed E-state index contributed by atoms with van der Waals surface area (Å²) >= 11 is 0. The maximum atomic E-state index is 13.1. The Kier molecular flexibility index (Phi) is 7.52. The van der Waals surface area contributed by atoms with E-state index in [9.17, 15) is 14.4 Å². The van der Waals surface area contributed by atoms with Crippen molar-refractivity contribution < 1.29 is 24.0 Å². The number of hydrogen-bond donors (Lipinski definition) is 2. The first-order valence-electron chi connectivity index (χ1n) is 11.1. The van der Waals surface area contributed by atoms with Crippen LogP contribution in [0.25, 0.3) is 0 Å². The molecule has 0 bridgehead atoms. The van der Waals surface area contributed by atoms with Crippen molar-refractivity contribution in [2.45, 2.75) is 13.5 Å². The zero-order valence-electron chi connectivity index (χ0n) is 19.7. The lowest BCUT2D eigenvalue weighted by Crippen LogP contribution is -2.33. The first-order valence-corrected chi connectivity index (χ1v) is 11.1. The van der Waals surface area contributed by atoms with Crippen molar-refractivity contribution in [2.24, 2.45) is 4.99 Å². The molecular formula is C27H24N4O5. The molecule has 182 valence electrons. The zero-order valence-corrected chi connectivity index (χ0v) is 19.7. The maximum absolute atomic E-state index is 13.1. The van der Waals surface area contributed by atoms with E-state index in [1.807, 2.05) is 31.2 Å². The quantitative estimate of drug-likeness (QED) is 0.391. The lowest BCUT2D eigenvalue weighted by Gasteiger charge is -2.16. The number of benzene rings is 3. The molecule has 1 aliphatic rings. The van der Waals surface area contributed by atoms with Crippen LogP contribution in [0.3, 0.4) is 0 Å². The van der Waals surface area contributed by atoms with Crippen molar-refractivity contribution in [1.82, 2.24) is 10.9 Å². The summed E-state index contributed by atoms with van der Waals surface area (Å²) in [6.07, 6.45) is 1.22. The fourth-order valence-corrected chi connectivity index (χ4v) is 3.34. The number of rotatable bonds is 7. The second-order valence-electron chi connectivity index (χ2n) is 7.88. The minimum absolute atomic E-state index is 0.0229. The molecule has 3 aromatic carbocycles. The molecule has 9 nitrogen and oxygen atoms in total. The van der Waals surface area contributed by atoms with Gasteiger partial charge in [0.15, 0.2) is 5.70 Å². The Bertz CT molecular complexity index is 1320. The molecule has 0 atom stereocenters. The summed E-state index contributed by atoms with van der Waals surface area (Å²) in [6.45, 7) is 2.18. The molecule has 1 saturated heterocycles. The van der Waals surface area contributed by atoms with Crippen LogP contribution in [0.15, 0.2) is 95.6 Å². The largest absolute Gasteiger partial charge is 0.497 e. The van der Waals surface area contributed by atoms with Gasteiger partial charge in [-0.3, -0.25) is 9.59 Å². The Balaban J connectivity index is 1.65. The Morgan fingerprint density at radius 3 is 2.39 bits per heavy atom. The van der Waals surface area contributed by atoms with Gasteiger partial charge < -0.3 is 14.9 Å². The fraction of sp³-hybridized carbons (Fsp3) is 0.111. The van der Waals surface area contributed by atoms with E-state index < -0.39 is 17.8 Å². The standard InChI is InChI=1S/C27H24N4O5/c1-18-8-10-19(11-9-18)17-28-26(33)23(29-25(32)20-6-4-3-5-7-20)16-24-27(34)36-30-31(24)21-12-14-22(35-2)15-13-21/h3-16,30H,17H2,1-2H3,(H,28,33)/b24-16+,29-23?. The molecule has 2 amide bonds. The van der Waals surface area contributed by atoms with Crippen LogP contribution >= 0.6 is 0 Å².